The van der Waals surface area contributed by atoms with Gasteiger partial charge in [-0.25, -0.2) is 0 Å². The maximum atomic E-state index is 4.38. The maximum absolute atomic E-state index is 4.38. The van der Waals surface area contributed by atoms with Gasteiger partial charge >= 0.3 is 0 Å². The summed E-state index contributed by atoms with van der Waals surface area (Å²) in [6, 6.07) is 19.2. The minimum Gasteiger partial charge on any atom is -0.352 e. The Hall–Kier alpha value is -2.33. The zero-order valence-corrected chi connectivity index (χ0v) is 15.2. The van der Waals surface area contributed by atoms with E-state index in [2.05, 4.69) is 89.8 Å². The van der Waals surface area contributed by atoms with Gasteiger partial charge in [-0.05, 0) is 30.8 Å². The van der Waals surface area contributed by atoms with Crippen molar-refractivity contribution in [1.82, 2.24) is 15.1 Å². The Bertz CT molecular complexity index is 632. The predicted octanol–water partition coefficient (Wildman–Crippen LogP) is 2.96. The average molecular weight is 324 g/mol. The van der Waals surface area contributed by atoms with Crippen LogP contribution in [0.25, 0.3) is 0 Å². The molecular weight excluding hydrogens is 296 g/mol. The molecule has 0 aliphatic carbocycles. The second-order valence-corrected chi connectivity index (χ2v) is 6.30. The zero-order chi connectivity index (χ0) is 17.4. The van der Waals surface area contributed by atoms with Crippen LogP contribution in [0.2, 0.25) is 0 Å². The molecular formula is C20H28N4. The lowest BCUT2D eigenvalue weighted by atomic mass is 10.1. The Morgan fingerprint density at radius 1 is 0.833 bits per heavy atom. The van der Waals surface area contributed by atoms with Gasteiger partial charge in [0.15, 0.2) is 5.96 Å². The normalized spacial score (nSPS) is 11.6. The van der Waals surface area contributed by atoms with E-state index in [4.69, 9.17) is 0 Å². The Balaban J connectivity index is 1.89. The summed E-state index contributed by atoms with van der Waals surface area (Å²) >= 11 is 0. The van der Waals surface area contributed by atoms with Crippen LogP contribution in [0.1, 0.15) is 16.7 Å². The van der Waals surface area contributed by atoms with Gasteiger partial charge in [0.2, 0.25) is 0 Å². The molecule has 0 aliphatic heterocycles. The Morgan fingerprint density at radius 3 is 2.00 bits per heavy atom. The zero-order valence-electron chi connectivity index (χ0n) is 15.2. The van der Waals surface area contributed by atoms with E-state index in [0.717, 1.165) is 25.6 Å². The topological polar surface area (TPSA) is 30.9 Å². The van der Waals surface area contributed by atoms with E-state index in [0.29, 0.717) is 0 Å². The average Bonchev–Trinajstić information content (AvgIpc) is 2.57. The highest BCUT2D eigenvalue weighted by Crippen LogP contribution is 2.07. The molecule has 2 aromatic carbocycles. The van der Waals surface area contributed by atoms with Crippen LogP contribution in [0.15, 0.2) is 59.6 Å². The Labute approximate surface area is 145 Å². The summed E-state index contributed by atoms with van der Waals surface area (Å²) in [4.78, 5) is 8.69. The van der Waals surface area contributed by atoms with E-state index in [9.17, 15) is 0 Å². The van der Waals surface area contributed by atoms with Crippen LogP contribution < -0.4 is 5.32 Å². The number of guanidine groups is 1. The molecule has 0 unspecified atom stereocenters. The highest BCUT2D eigenvalue weighted by atomic mass is 15.3. The Morgan fingerprint density at radius 2 is 1.42 bits per heavy atom. The second-order valence-electron chi connectivity index (χ2n) is 6.30. The molecule has 4 heteroatoms. The van der Waals surface area contributed by atoms with Crippen LogP contribution in [0.4, 0.5) is 0 Å². The van der Waals surface area contributed by atoms with E-state index >= 15 is 0 Å². The first-order valence-corrected chi connectivity index (χ1v) is 8.26. The summed E-state index contributed by atoms with van der Waals surface area (Å²) in [5, 5.41) is 3.43. The third kappa shape index (κ3) is 5.70. The van der Waals surface area contributed by atoms with Gasteiger partial charge < -0.3 is 15.1 Å². The smallest absolute Gasteiger partial charge is 0.193 e. The van der Waals surface area contributed by atoms with Crippen molar-refractivity contribution in [2.45, 2.75) is 19.6 Å². The monoisotopic (exact) mass is 324 g/mol. The molecule has 1 N–H and O–H groups in total. The summed E-state index contributed by atoms with van der Waals surface area (Å²) < 4.78 is 0. The number of nitrogens with one attached hydrogen (secondary N) is 1. The molecule has 0 saturated heterocycles. The summed E-state index contributed by atoms with van der Waals surface area (Å²) in [7, 11) is 8.05. The van der Waals surface area contributed by atoms with Crippen LogP contribution in [0.3, 0.4) is 0 Å². The van der Waals surface area contributed by atoms with E-state index in [1.54, 1.807) is 0 Å². The SMILES string of the molecule is CN=C(NCc1ccc(CN(C)C)cc1)N(C)Cc1ccccc1. The fraction of sp³-hybridized carbons (Fsp3) is 0.350. The van der Waals surface area contributed by atoms with Crippen molar-refractivity contribution < 1.29 is 0 Å². The van der Waals surface area contributed by atoms with E-state index < -0.39 is 0 Å². The quantitative estimate of drug-likeness (QED) is 0.655. The summed E-state index contributed by atoms with van der Waals surface area (Å²) in [6.07, 6.45) is 0. The van der Waals surface area contributed by atoms with E-state index in [1.807, 2.05) is 13.1 Å². The first-order chi connectivity index (χ1) is 11.6. The van der Waals surface area contributed by atoms with Gasteiger partial charge in [0.05, 0.1) is 0 Å². The summed E-state index contributed by atoms with van der Waals surface area (Å²) in [5.41, 5.74) is 3.86. The Kier molecular flexibility index (Phi) is 6.82. The molecule has 24 heavy (non-hydrogen) atoms. The molecule has 128 valence electrons. The third-order valence-electron chi connectivity index (χ3n) is 3.81. The van der Waals surface area contributed by atoms with Crippen molar-refractivity contribution in [2.24, 2.45) is 4.99 Å². The number of benzene rings is 2. The number of rotatable bonds is 6. The highest BCUT2D eigenvalue weighted by molar-refractivity contribution is 5.79. The molecule has 0 bridgehead atoms. The van der Waals surface area contributed by atoms with Crippen molar-refractivity contribution >= 4 is 5.96 Å². The third-order valence-corrected chi connectivity index (χ3v) is 3.81. The van der Waals surface area contributed by atoms with Crippen molar-refractivity contribution in [3.05, 3.63) is 71.3 Å². The largest absolute Gasteiger partial charge is 0.352 e. The molecule has 0 fully saturated rings. The predicted molar refractivity (Wildman–Crippen MR) is 102 cm³/mol. The maximum Gasteiger partial charge on any atom is 0.193 e. The minimum atomic E-state index is 0.772. The van der Waals surface area contributed by atoms with E-state index in [1.165, 1.54) is 16.7 Å². The molecule has 0 atom stereocenters. The fourth-order valence-corrected chi connectivity index (χ4v) is 2.63. The number of hydrogen-bond acceptors (Lipinski definition) is 2. The molecule has 2 rings (SSSR count). The van der Waals surface area contributed by atoms with Crippen LogP contribution in [0, 0.1) is 0 Å². The lowest BCUT2D eigenvalue weighted by Gasteiger charge is -2.22. The molecule has 0 heterocycles. The van der Waals surface area contributed by atoms with Crippen LogP contribution >= 0.6 is 0 Å². The van der Waals surface area contributed by atoms with Crippen molar-refractivity contribution in [2.75, 3.05) is 28.2 Å². The van der Waals surface area contributed by atoms with Crippen LogP contribution in [-0.2, 0) is 19.6 Å². The summed E-state index contributed by atoms with van der Waals surface area (Å²) in [5.74, 6) is 0.899. The van der Waals surface area contributed by atoms with Gasteiger partial charge in [0.25, 0.3) is 0 Å². The first-order valence-electron chi connectivity index (χ1n) is 8.26. The molecule has 0 saturated carbocycles. The lowest BCUT2D eigenvalue weighted by Crippen LogP contribution is -2.38. The highest BCUT2D eigenvalue weighted by Gasteiger charge is 2.06. The van der Waals surface area contributed by atoms with Crippen LogP contribution in [0.5, 0.6) is 0 Å². The van der Waals surface area contributed by atoms with Crippen LogP contribution in [-0.4, -0.2) is 44.0 Å². The van der Waals surface area contributed by atoms with Gasteiger partial charge in [0.1, 0.15) is 0 Å². The van der Waals surface area contributed by atoms with Gasteiger partial charge in [-0.15, -0.1) is 0 Å². The standard InChI is InChI=1S/C20H28N4/c1-21-20(24(4)16-18-8-6-5-7-9-18)22-14-17-10-12-19(13-11-17)15-23(2)3/h5-13H,14-16H2,1-4H3,(H,21,22). The van der Waals surface area contributed by atoms with E-state index in [-0.39, 0.29) is 0 Å². The first kappa shape index (κ1) is 18.0. The molecule has 2 aromatic rings. The molecule has 4 nitrogen and oxygen atoms in total. The van der Waals surface area contributed by atoms with Crippen molar-refractivity contribution in [3.63, 3.8) is 0 Å². The minimum absolute atomic E-state index is 0.772. The van der Waals surface area contributed by atoms with Crippen molar-refractivity contribution in [1.29, 1.82) is 0 Å². The fourth-order valence-electron chi connectivity index (χ4n) is 2.63. The lowest BCUT2D eigenvalue weighted by molar-refractivity contribution is 0.402. The van der Waals surface area contributed by atoms with Crippen molar-refractivity contribution in [3.8, 4) is 0 Å². The number of aliphatic imine (C=N–C) groups is 1. The van der Waals surface area contributed by atoms with Gasteiger partial charge in [-0.3, -0.25) is 4.99 Å². The number of hydrogen-bond donors (Lipinski definition) is 1. The second kappa shape index (κ2) is 9.08. The summed E-state index contributed by atoms with van der Waals surface area (Å²) in [6.45, 7) is 2.57. The molecule has 0 amide bonds. The molecule has 0 spiro atoms. The molecule has 0 aromatic heterocycles. The van der Waals surface area contributed by atoms with Gasteiger partial charge in [-0.1, -0.05) is 54.6 Å². The van der Waals surface area contributed by atoms with Gasteiger partial charge in [-0.2, -0.15) is 0 Å². The van der Waals surface area contributed by atoms with Gasteiger partial charge in [0, 0.05) is 33.7 Å². The number of nitrogens with zero attached hydrogens (tertiary/aromatic N) is 3. The molecule has 0 aliphatic rings. The molecule has 0 radical (unpaired) electrons.